The second kappa shape index (κ2) is 14.4. The summed E-state index contributed by atoms with van der Waals surface area (Å²) in [5.74, 6) is 0.827. The van der Waals surface area contributed by atoms with E-state index in [2.05, 4.69) is 19.2 Å². The Morgan fingerprint density at radius 2 is 1.45 bits per heavy atom. The van der Waals surface area contributed by atoms with E-state index in [1.54, 1.807) is 0 Å². The highest BCUT2D eigenvalue weighted by atomic mass is 16.5. The van der Waals surface area contributed by atoms with Gasteiger partial charge in [0.2, 0.25) is 0 Å². The minimum Gasteiger partial charge on any atom is -0.396 e. The molecule has 0 aliphatic rings. The fourth-order valence-electron chi connectivity index (χ4n) is 2.83. The predicted octanol–water partition coefficient (Wildman–Crippen LogP) is 3.11. The van der Waals surface area contributed by atoms with E-state index in [4.69, 9.17) is 4.74 Å². The first-order valence-electron chi connectivity index (χ1n) is 9.08. The van der Waals surface area contributed by atoms with Crippen LogP contribution in [-0.2, 0) is 4.74 Å². The molecule has 0 aliphatic carbocycles. The minimum atomic E-state index is -0.194. The molecule has 0 amide bonds. The second-order valence-electron chi connectivity index (χ2n) is 6.79. The summed E-state index contributed by atoms with van der Waals surface area (Å²) in [6, 6.07) is 0. The number of aliphatic hydroxyl groups is 2. The number of hydrogen-bond acceptors (Lipinski definition) is 4. The number of ether oxygens (including phenoxy) is 1. The number of unbranched alkanes of at least 4 members (excludes halogenated alkanes) is 4. The molecule has 0 aromatic carbocycles. The maximum Gasteiger partial charge on any atom is 0.0483 e. The van der Waals surface area contributed by atoms with Crippen molar-refractivity contribution < 1.29 is 14.9 Å². The predicted molar refractivity (Wildman–Crippen MR) is 93.2 cm³/mol. The molecule has 0 saturated carbocycles. The van der Waals surface area contributed by atoms with E-state index >= 15 is 0 Å². The number of nitrogens with one attached hydrogen (secondary N) is 1. The van der Waals surface area contributed by atoms with Gasteiger partial charge in [-0.3, -0.25) is 0 Å². The van der Waals surface area contributed by atoms with Gasteiger partial charge < -0.3 is 20.3 Å². The van der Waals surface area contributed by atoms with E-state index in [9.17, 15) is 10.2 Å². The molecule has 4 heteroatoms. The summed E-state index contributed by atoms with van der Waals surface area (Å²) in [6.45, 7) is 6.35. The lowest BCUT2D eigenvalue weighted by atomic mass is 9.88. The Labute approximate surface area is 137 Å². The van der Waals surface area contributed by atoms with E-state index in [0.717, 1.165) is 25.4 Å². The molecule has 0 rings (SSSR count). The molecule has 0 fully saturated rings. The van der Waals surface area contributed by atoms with Crippen LogP contribution in [0.2, 0.25) is 0 Å². The van der Waals surface area contributed by atoms with Crippen molar-refractivity contribution in [2.24, 2.45) is 5.92 Å². The number of hydrogen-bond donors (Lipinski definition) is 3. The lowest BCUT2D eigenvalue weighted by molar-refractivity contribution is 0.0850. The maximum atomic E-state index is 9.17. The highest BCUT2D eigenvalue weighted by Crippen LogP contribution is 2.19. The van der Waals surface area contributed by atoms with Gasteiger partial charge in [-0.15, -0.1) is 0 Å². The maximum absolute atomic E-state index is 9.17. The van der Waals surface area contributed by atoms with Crippen molar-refractivity contribution in [2.45, 2.75) is 77.2 Å². The van der Waals surface area contributed by atoms with E-state index in [1.165, 1.54) is 32.1 Å². The lowest BCUT2D eigenvalue weighted by Crippen LogP contribution is -2.45. The molecule has 0 aliphatic heterocycles. The molecule has 0 aromatic rings. The molecule has 0 atom stereocenters. The zero-order chi connectivity index (χ0) is 16.7. The van der Waals surface area contributed by atoms with Gasteiger partial charge in [0.25, 0.3) is 0 Å². The van der Waals surface area contributed by atoms with Crippen molar-refractivity contribution >= 4 is 0 Å². The van der Waals surface area contributed by atoms with Crippen molar-refractivity contribution in [3.05, 3.63) is 0 Å². The van der Waals surface area contributed by atoms with Crippen LogP contribution in [0.3, 0.4) is 0 Å². The largest absolute Gasteiger partial charge is 0.396 e. The average molecular weight is 318 g/mol. The van der Waals surface area contributed by atoms with Crippen LogP contribution in [0.1, 0.15) is 71.6 Å². The zero-order valence-corrected chi connectivity index (χ0v) is 15.1. The highest BCUT2D eigenvalue weighted by Gasteiger charge is 2.26. The van der Waals surface area contributed by atoms with Crippen LogP contribution in [-0.4, -0.2) is 49.2 Å². The number of aliphatic hydroxyl groups excluding tert-OH is 2. The van der Waals surface area contributed by atoms with Gasteiger partial charge in [0.05, 0.1) is 0 Å². The summed E-state index contributed by atoms with van der Waals surface area (Å²) in [5, 5.41) is 21.6. The molecule has 0 aromatic heterocycles. The van der Waals surface area contributed by atoms with Gasteiger partial charge in [-0.2, -0.15) is 0 Å². The fraction of sp³-hybridized carbons (Fsp3) is 1.00. The van der Waals surface area contributed by atoms with Crippen LogP contribution in [0.4, 0.5) is 0 Å². The Balaban J connectivity index is 3.57. The fourth-order valence-corrected chi connectivity index (χ4v) is 2.83. The highest BCUT2D eigenvalue weighted by molar-refractivity contribution is 4.86. The van der Waals surface area contributed by atoms with Crippen molar-refractivity contribution in [3.63, 3.8) is 0 Å². The molecule has 0 bridgehead atoms. The minimum absolute atomic E-state index is 0.136. The third-order valence-corrected chi connectivity index (χ3v) is 4.51. The monoisotopic (exact) mass is 317 g/mol. The molecule has 0 radical (unpaired) electrons. The van der Waals surface area contributed by atoms with Crippen molar-refractivity contribution in [1.29, 1.82) is 0 Å². The van der Waals surface area contributed by atoms with E-state index < -0.39 is 0 Å². The molecule has 0 saturated heterocycles. The SMILES string of the molecule is CNC(CCO)(CCO)CCOCCCCCCCC(C)C. The summed E-state index contributed by atoms with van der Waals surface area (Å²) in [7, 11) is 1.89. The van der Waals surface area contributed by atoms with Gasteiger partial charge in [0.1, 0.15) is 0 Å². The van der Waals surface area contributed by atoms with Crippen LogP contribution in [0.25, 0.3) is 0 Å². The zero-order valence-electron chi connectivity index (χ0n) is 15.1. The van der Waals surface area contributed by atoms with E-state index in [0.29, 0.717) is 19.4 Å². The van der Waals surface area contributed by atoms with Crippen LogP contribution >= 0.6 is 0 Å². The average Bonchev–Trinajstić information content (AvgIpc) is 2.49. The van der Waals surface area contributed by atoms with Gasteiger partial charge in [0.15, 0.2) is 0 Å². The topological polar surface area (TPSA) is 61.7 Å². The summed E-state index contributed by atoms with van der Waals surface area (Å²) in [4.78, 5) is 0. The molecule has 0 heterocycles. The van der Waals surface area contributed by atoms with Crippen LogP contribution in [0, 0.1) is 5.92 Å². The third-order valence-electron chi connectivity index (χ3n) is 4.51. The first kappa shape index (κ1) is 21.8. The van der Waals surface area contributed by atoms with Gasteiger partial charge in [0, 0.05) is 32.0 Å². The Morgan fingerprint density at radius 1 is 0.864 bits per heavy atom. The standard InChI is InChI=1S/C18H39NO3/c1-17(2)9-7-5-4-6-8-15-22-16-12-18(19-3,10-13-20)11-14-21/h17,19-21H,4-16H2,1-3H3. The third kappa shape index (κ3) is 11.4. The molecule has 4 nitrogen and oxygen atoms in total. The summed E-state index contributed by atoms with van der Waals surface area (Å²) in [5.41, 5.74) is -0.194. The molecular weight excluding hydrogens is 278 g/mol. The second-order valence-corrected chi connectivity index (χ2v) is 6.79. The first-order chi connectivity index (χ1) is 10.6. The van der Waals surface area contributed by atoms with Crippen molar-refractivity contribution in [1.82, 2.24) is 5.32 Å². The Kier molecular flexibility index (Phi) is 14.3. The smallest absolute Gasteiger partial charge is 0.0483 e. The normalized spacial score (nSPS) is 12.3. The number of rotatable bonds is 16. The van der Waals surface area contributed by atoms with Crippen molar-refractivity contribution in [2.75, 3.05) is 33.5 Å². The lowest BCUT2D eigenvalue weighted by Gasteiger charge is -2.32. The van der Waals surface area contributed by atoms with Gasteiger partial charge in [-0.05, 0) is 38.6 Å². The van der Waals surface area contributed by atoms with Crippen LogP contribution in [0.15, 0.2) is 0 Å². The molecule has 0 spiro atoms. The van der Waals surface area contributed by atoms with Crippen LogP contribution < -0.4 is 5.32 Å². The molecule has 134 valence electrons. The molecular formula is C18H39NO3. The molecule has 22 heavy (non-hydrogen) atoms. The first-order valence-corrected chi connectivity index (χ1v) is 9.08. The summed E-state index contributed by atoms with van der Waals surface area (Å²) in [6.07, 6.45) is 9.88. The van der Waals surface area contributed by atoms with E-state index in [-0.39, 0.29) is 18.8 Å². The van der Waals surface area contributed by atoms with Crippen molar-refractivity contribution in [3.8, 4) is 0 Å². The Morgan fingerprint density at radius 3 is 2.00 bits per heavy atom. The quantitative estimate of drug-likeness (QED) is 0.383. The van der Waals surface area contributed by atoms with E-state index in [1.807, 2.05) is 7.05 Å². The molecule has 3 N–H and O–H groups in total. The van der Waals surface area contributed by atoms with Gasteiger partial charge >= 0.3 is 0 Å². The summed E-state index contributed by atoms with van der Waals surface area (Å²) < 4.78 is 5.73. The van der Waals surface area contributed by atoms with Gasteiger partial charge in [-0.1, -0.05) is 46.0 Å². The Hall–Kier alpha value is -0.160. The van der Waals surface area contributed by atoms with Crippen LogP contribution in [0.5, 0.6) is 0 Å². The summed E-state index contributed by atoms with van der Waals surface area (Å²) >= 11 is 0. The Bertz CT molecular complexity index is 228. The molecule has 0 unspecified atom stereocenters. The van der Waals surface area contributed by atoms with Gasteiger partial charge in [-0.25, -0.2) is 0 Å².